The van der Waals surface area contributed by atoms with Crippen molar-refractivity contribution in [2.45, 2.75) is 51.6 Å². The number of benzene rings is 2. The Kier molecular flexibility index (Phi) is 7.46. The second-order valence-corrected chi connectivity index (χ2v) is 9.04. The second kappa shape index (κ2) is 10.5. The largest absolute Gasteiger partial charge is 0.465 e. The Morgan fingerprint density at radius 3 is 2.61 bits per heavy atom. The molecule has 174 valence electrons. The quantitative estimate of drug-likeness (QED) is 0.575. The molecular weight excluding hydrogens is 438 g/mol. The fraction of sp³-hybridized carbons (Fsp3) is 0.423. The van der Waals surface area contributed by atoms with E-state index in [4.69, 9.17) is 21.4 Å². The number of hydrazone groups is 1. The lowest BCUT2D eigenvalue weighted by molar-refractivity contribution is -0.152. The van der Waals surface area contributed by atoms with Gasteiger partial charge in [0.1, 0.15) is 6.04 Å². The molecule has 0 spiro atoms. The normalized spacial score (nSPS) is 21.1. The molecule has 4 rings (SSSR count). The minimum atomic E-state index is -0.380. The molecule has 0 unspecified atom stereocenters. The number of esters is 1. The van der Waals surface area contributed by atoms with Crippen LogP contribution in [0.25, 0.3) is 0 Å². The average molecular weight is 468 g/mol. The van der Waals surface area contributed by atoms with Crippen molar-refractivity contribution in [1.29, 1.82) is 0 Å². The first-order valence-electron chi connectivity index (χ1n) is 11.6. The van der Waals surface area contributed by atoms with Gasteiger partial charge in [-0.2, -0.15) is 5.10 Å². The Balaban J connectivity index is 1.60. The number of hydrogen-bond donors (Lipinski definition) is 0. The number of hydrogen-bond acceptors (Lipinski definition) is 5. The van der Waals surface area contributed by atoms with E-state index in [-0.39, 0.29) is 30.5 Å². The summed E-state index contributed by atoms with van der Waals surface area (Å²) in [6.45, 7) is 5.01. The Morgan fingerprint density at radius 2 is 1.88 bits per heavy atom. The van der Waals surface area contributed by atoms with E-state index in [0.29, 0.717) is 31.0 Å². The van der Waals surface area contributed by atoms with Crippen LogP contribution in [0.2, 0.25) is 5.02 Å². The van der Waals surface area contributed by atoms with Gasteiger partial charge in [0, 0.05) is 17.0 Å². The molecule has 0 radical (unpaired) electrons. The van der Waals surface area contributed by atoms with Crippen molar-refractivity contribution in [3.63, 3.8) is 0 Å². The summed E-state index contributed by atoms with van der Waals surface area (Å²) in [4.78, 5) is 28.0. The third kappa shape index (κ3) is 5.28. The van der Waals surface area contributed by atoms with Crippen LogP contribution < -0.4 is 0 Å². The van der Waals surface area contributed by atoms with E-state index in [2.05, 4.69) is 0 Å². The molecule has 0 aliphatic carbocycles. The Bertz CT molecular complexity index is 1040. The number of carbonyl (C=O) groups excluding carboxylic acids is 2. The van der Waals surface area contributed by atoms with Crippen LogP contribution in [0.1, 0.15) is 55.3 Å². The molecule has 2 atom stereocenters. The minimum Gasteiger partial charge on any atom is -0.465 e. The van der Waals surface area contributed by atoms with Crippen molar-refractivity contribution in [3.8, 4) is 0 Å². The van der Waals surface area contributed by atoms with Crippen molar-refractivity contribution in [2.75, 3.05) is 19.7 Å². The molecule has 7 heteroatoms. The summed E-state index contributed by atoms with van der Waals surface area (Å²) in [6.07, 6.45) is 3.21. The predicted octanol–water partition coefficient (Wildman–Crippen LogP) is 4.74. The van der Waals surface area contributed by atoms with Crippen LogP contribution in [0.5, 0.6) is 0 Å². The maximum absolute atomic E-state index is 13.5. The Hall–Kier alpha value is -2.70. The predicted molar refractivity (Wildman–Crippen MR) is 129 cm³/mol. The standard InChI is InChI=1S/C26H30ClN3O3/c1-3-33-26(32)23-10-6-7-15-29(23)17-25(31)30-24(19-13-11-18(2)12-14-19)16-22(28-30)20-8-4-5-9-21(20)27/h4-5,8-9,11-14,23-24H,3,6-7,10,15-17H2,1-2H3/t23-,24-/m0/s1. The number of aryl methyl sites for hydroxylation is 1. The third-order valence-corrected chi connectivity index (χ3v) is 6.65. The molecule has 2 aromatic carbocycles. The number of ether oxygens (including phenoxy) is 1. The fourth-order valence-corrected chi connectivity index (χ4v) is 4.82. The van der Waals surface area contributed by atoms with Gasteiger partial charge in [0.2, 0.25) is 0 Å². The highest BCUT2D eigenvalue weighted by Crippen LogP contribution is 2.35. The van der Waals surface area contributed by atoms with E-state index >= 15 is 0 Å². The summed E-state index contributed by atoms with van der Waals surface area (Å²) in [7, 11) is 0. The number of amides is 1. The number of likely N-dealkylation sites (tertiary alicyclic amines) is 1. The van der Waals surface area contributed by atoms with Gasteiger partial charge in [-0.1, -0.05) is 66.0 Å². The Morgan fingerprint density at radius 1 is 1.12 bits per heavy atom. The molecule has 6 nitrogen and oxygen atoms in total. The SMILES string of the molecule is CCOC(=O)[C@@H]1CCCCN1CC(=O)N1N=C(c2ccccc2Cl)C[C@H]1c1ccc(C)cc1. The summed E-state index contributed by atoms with van der Waals surface area (Å²) < 4.78 is 5.26. The third-order valence-electron chi connectivity index (χ3n) is 6.32. The molecule has 33 heavy (non-hydrogen) atoms. The molecule has 0 bridgehead atoms. The number of carbonyl (C=O) groups is 2. The molecule has 2 aromatic rings. The van der Waals surface area contributed by atoms with Gasteiger partial charge in [-0.15, -0.1) is 0 Å². The molecule has 2 heterocycles. The van der Waals surface area contributed by atoms with Crippen molar-refractivity contribution in [3.05, 3.63) is 70.2 Å². The summed E-state index contributed by atoms with van der Waals surface area (Å²) in [5, 5.41) is 6.94. The van der Waals surface area contributed by atoms with Crippen LogP contribution >= 0.6 is 11.6 Å². The molecule has 2 aliphatic rings. The molecular formula is C26H30ClN3O3. The second-order valence-electron chi connectivity index (χ2n) is 8.63. The Labute approximate surface area is 200 Å². The number of piperidine rings is 1. The number of rotatable bonds is 6. The van der Waals surface area contributed by atoms with E-state index in [0.717, 1.165) is 35.2 Å². The van der Waals surface area contributed by atoms with E-state index < -0.39 is 0 Å². The zero-order valence-electron chi connectivity index (χ0n) is 19.2. The lowest BCUT2D eigenvalue weighted by atomic mass is 9.97. The van der Waals surface area contributed by atoms with Crippen LogP contribution in [0.3, 0.4) is 0 Å². The van der Waals surface area contributed by atoms with Gasteiger partial charge in [-0.05, 0) is 44.9 Å². The summed E-state index contributed by atoms with van der Waals surface area (Å²) in [5.41, 5.74) is 3.82. The fourth-order valence-electron chi connectivity index (χ4n) is 4.58. The minimum absolute atomic E-state index is 0.126. The van der Waals surface area contributed by atoms with Gasteiger partial charge in [0.15, 0.2) is 0 Å². The molecule has 2 aliphatic heterocycles. The van der Waals surface area contributed by atoms with Crippen LogP contribution in [0, 0.1) is 6.92 Å². The van der Waals surface area contributed by atoms with E-state index in [1.165, 1.54) is 0 Å². The van der Waals surface area contributed by atoms with Gasteiger partial charge >= 0.3 is 5.97 Å². The van der Waals surface area contributed by atoms with Gasteiger partial charge in [-0.25, -0.2) is 5.01 Å². The molecule has 0 aromatic heterocycles. The lowest BCUT2D eigenvalue weighted by Crippen LogP contribution is -2.49. The van der Waals surface area contributed by atoms with Crippen LogP contribution in [0.15, 0.2) is 53.6 Å². The molecule has 1 amide bonds. The first kappa shape index (κ1) is 23.5. The molecule has 0 saturated carbocycles. The van der Waals surface area contributed by atoms with Gasteiger partial charge in [0.25, 0.3) is 5.91 Å². The van der Waals surface area contributed by atoms with Gasteiger partial charge in [-0.3, -0.25) is 14.5 Å². The number of nitrogens with zero attached hydrogens (tertiary/aromatic N) is 3. The molecule has 1 fully saturated rings. The monoisotopic (exact) mass is 467 g/mol. The van der Waals surface area contributed by atoms with E-state index in [1.54, 1.807) is 11.9 Å². The van der Waals surface area contributed by atoms with E-state index in [9.17, 15) is 9.59 Å². The summed E-state index contributed by atoms with van der Waals surface area (Å²) >= 11 is 6.44. The van der Waals surface area contributed by atoms with Crippen molar-refractivity contribution in [2.24, 2.45) is 5.10 Å². The maximum Gasteiger partial charge on any atom is 0.323 e. The van der Waals surface area contributed by atoms with Crippen LogP contribution in [-0.4, -0.2) is 53.2 Å². The zero-order chi connectivity index (χ0) is 23.4. The van der Waals surface area contributed by atoms with Crippen LogP contribution in [0.4, 0.5) is 0 Å². The van der Waals surface area contributed by atoms with E-state index in [1.807, 2.05) is 60.4 Å². The molecule has 0 N–H and O–H groups in total. The average Bonchev–Trinajstić information content (AvgIpc) is 3.26. The maximum atomic E-state index is 13.5. The summed E-state index contributed by atoms with van der Waals surface area (Å²) in [6, 6.07) is 15.2. The topological polar surface area (TPSA) is 62.2 Å². The van der Waals surface area contributed by atoms with Crippen molar-refractivity contribution < 1.29 is 14.3 Å². The summed E-state index contributed by atoms with van der Waals surface area (Å²) in [5.74, 6) is -0.374. The smallest absolute Gasteiger partial charge is 0.323 e. The van der Waals surface area contributed by atoms with Crippen molar-refractivity contribution in [1.82, 2.24) is 9.91 Å². The van der Waals surface area contributed by atoms with Gasteiger partial charge < -0.3 is 4.74 Å². The highest BCUT2D eigenvalue weighted by atomic mass is 35.5. The first-order chi connectivity index (χ1) is 16.0. The van der Waals surface area contributed by atoms with Gasteiger partial charge in [0.05, 0.1) is 24.9 Å². The highest BCUT2D eigenvalue weighted by molar-refractivity contribution is 6.34. The van der Waals surface area contributed by atoms with Crippen molar-refractivity contribution >= 4 is 29.2 Å². The molecule has 1 saturated heterocycles. The lowest BCUT2D eigenvalue weighted by Gasteiger charge is -2.34. The number of halogens is 1. The van der Waals surface area contributed by atoms with Crippen LogP contribution in [-0.2, 0) is 14.3 Å². The highest BCUT2D eigenvalue weighted by Gasteiger charge is 2.37. The first-order valence-corrected chi connectivity index (χ1v) is 12.0. The zero-order valence-corrected chi connectivity index (χ0v) is 19.9.